The maximum absolute atomic E-state index is 15.0. The van der Waals surface area contributed by atoms with Crippen LogP contribution in [0.4, 0.5) is 23.2 Å². The third kappa shape index (κ3) is 5.13. The van der Waals surface area contributed by atoms with Crippen LogP contribution in [0.1, 0.15) is 28.5 Å². The van der Waals surface area contributed by atoms with E-state index in [4.69, 9.17) is 11.6 Å². The maximum atomic E-state index is 15.0. The van der Waals surface area contributed by atoms with Gasteiger partial charge in [-0.15, -0.1) is 0 Å². The molecule has 1 amide bonds. The predicted octanol–water partition coefficient (Wildman–Crippen LogP) is 3.22. The average Bonchev–Trinajstić information content (AvgIpc) is 2.82. The molecule has 0 atom stereocenters. The Balaban J connectivity index is 2.39. The predicted molar refractivity (Wildman–Crippen MR) is 125 cm³/mol. The molecule has 0 aliphatic heterocycles. The third-order valence-electron chi connectivity index (χ3n) is 5.17. The molecule has 0 N–H and O–H groups in total. The summed E-state index contributed by atoms with van der Waals surface area (Å²) in [5, 5.41) is 9.76. The van der Waals surface area contributed by atoms with E-state index in [0.717, 1.165) is 0 Å². The number of benzene rings is 2. The fourth-order valence-electron chi connectivity index (χ4n) is 3.32. The summed E-state index contributed by atoms with van der Waals surface area (Å²) in [7, 11) is -3.82. The molecular formula is C22H15ClF4N4O5S. The Labute approximate surface area is 211 Å². The first-order chi connectivity index (χ1) is 17.1. The molecule has 1 aromatic heterocycles. The van der Waals surface area contributed by atoms with Gasteiger partial charge in [-0.3, -0.25) is 14.2 Å². The zero-order chi connectivity index (χ0) is 27.9. The fraction of sp³-hybridized carbons (Fsp3) is 0.182. The molecule has 1 heterocycles. The van der Waals surface area contributed by atoms with Crippen LogP contribution < -0.4 is 15.6 Å². The molecule has 0 bridgehead atoms. The fourth-order valence-corrected chi connectivity index (χ4v) is 4.52. The van der Waals surface area contributed by atoms with E-state index < -0.39 is 67.6 Å². The normalized spacial score (nSPS) is 11.7. The van der Waals surface area contributed by atoms with Crippen molar-refractivity contribution in [3.05, 3.63) is 91.0 Å². The van der Waals surface area contributed by atoms with Crippen molar-refractivity contribution >= 4 is 33.2 Å². The highest BCUT2D eigenvalue weighted by atomic mass is 35.5. The van der Waals surface area contributed by atoms with Crippen molar-refractivity contribution in [1.82, 2.24) is 9.13 Å². The molecule has 2 aromatic carbocycles. The van der Waals surface area contributed by atoms with Crippen LogP contribution in [-0.4, -0.2) is 29.2 Å². The highest BCUT2D eigenvalue weighted by Crippen LogP contribution is 2.31. The van der Waals surface area contributed by atoms with Crippen LogP contribution in [0, 0.1) is 17.1 Å². The Morgan fingerprint density at radius 1 is 1.14 bits per heavy atom. The molecule has 9 nitrogen and oxygen atoms in total. The number of nitrogens with zero attached hydrogens (tertiary/aromatic N) is 4. The number of hydrogen-bond acceptors (Lipinski definition) is 6. The largest absolute Gasteiger partial charge is 0.431 e. The average molecular weight is 559 g/mol. The van der Waals surface area contributed by atoms with Crippen molar-refractivity contribution < 1.29 is 30.8 Å². The number of carbonyl (C=O) groups is 1. The molecule has 0 saturated heterocycles. The van der Waals surface area contributed by atoms with E-state index in [2.05, 4.69) is 0 Å². The second kappa shape index (κ2) is 9.83. The summed E-state index contributed by atoms with van der Waals surface area (Å²) in [6, 6.07) is 7.57. The van der Waals surface area contributed by atoms with Gasteiger partial charge in [0, 0.05) is 23.7 Å². The Morgan fingerprint density at radius 3 is 2.24 bits per heavy atom. The van der Waals surface area contributed by atoms with Crippen LogP contribution in [-0.2, 0) is 23.2 Å². The number of carbonyl (C=O) groups excluding carboxylic acids is 1. The van der Waals surface area contributed by atoms with Gasteiger partial charge in [0.25, 0.3) is 11.5 Å². The molecule has 15 heteroatoms. The molecular weight excluding hydrogens is 544 g/mol. The molecule has 0 unspecified atom stereocenters. The molecule has 0 aliphatic carbocycles. The minimum absolute atomic E-state index is 0.0265. The second-order valence-corrected chi connectivity index (χ2v) is 9.99. The highest BCUT2D eigenvalue weighted by Gasteiger charge is 2.36. The Morgan fingerprint density at radius 2 is 1.73 bits per heavy atom. The lowest BCUT2D eigenvalue weighted by molar-refractivity contribution is -0.144. The summed E-state index contributed by atoms with van der Waals surface area (Å²) in [4.78, 5) is 38.4. The van der Waals surface area contributed by atoms with Gasteiger partial charge >= 0.3 is 11.9 Å². The lowest BCUT2D eigenvalue weighted by Gasteiger charge is -2.24. The van der Waals surface area contributed by atoms with Crippen molar-refractivity contribution in [3.8, 4) is 11.8 Å². The van der Waals surface area contributed by atoms with Crippen LogP contribution in [0.25, 0.3) is 5.69 Å². The van der Waals surface area contributed by atoms with Crippen LogP contribution in [0.5, 0.6) is 0 Å². The van der Waals surface area contributed by atoms with Crippen LogP contribution in [0.3, 0.4) is 0 Å². The van der Waals surface area contributed by atoms with Gasteiger partial charge in [0.15, 0.2) is 0 Å². The second-order valence-electron chi connectivity index (χ2n) is 7.45. The summed E-state index contributed by atoms with van der Waals surface area (Å²) in [6.45, 7) is 1.18. The van der Waals surface area contributed by atoms with E-state index in [9.17, 15) is 45.6 Å². The summed E-state index contributed by atoms with van der Waals surface area (Å²) < 4.78 is 80.7. The van der Waals surface area contributed by atoms with Gasteiger partial charge in [-0.25, -0.2) is 26.5 Å². The highest BCUT2D eigenvalue weighted by molar-refractivity contribution is 7.93. The lowest BCUT2D eigenvalue weighted by atomic mass is 10.1. The summed E-state index contributed by atoms with van der Waals surface area (Å²) in [5.74, 6) is -3.25. The zero-order valence-electron chi connectivity index (χ0n) is 18.9. The zero-order valence-corrected chi connectivity index (χ0v) is 20.4. The summed E-state index contributed by atoms with van der Waals surface area (Å²) >= 11 is 5.80. The van der Waals surface area contributed by atoms with E-state index >= 15 is 0 Å². The number of halogens is 5. The first kappa shape index (κ1) is 27.6. The van der Waals surface area contributed by atoms with Gasteiger partial charge in [0.2, 0.25) is 10.0 Å². The number of amides is 1. The quantitative estimate of drug-likeness (QED) is 0.443. The maximum Gasteiger partial charge on any atom is 0.431 e. The molecule has 0 saturated carbocycles. The monoisotopic (exact) mass is 558 g/mol. The minimum atomic E-state index is -5.09. The third-order valence-corrected chi connectivity index (χ3v) is 7.07. The van der Waals surface area contributed by atoms with E-state index in [0.29, 0.717) is 19.2 Å². The number of sulfonamides is 1. The summed E-state index contributed by atoms with van der Waals surface area (Å²) in [5.41, 5.74) is -7.37. The number of aromatic nitrogens is 2. The van der Waals surface area contributed by atoms with Crippen molar-refractivity contribution in [2.24, 2.45) is 7.05 Å². The van der Waals surface area contributed by atoms with Gasteiger partial charge < -0.3 is 0 Å². The molecule has 3 aromatic rings. The number of rotatable bonds is 5. The number of nitriles is 1. The lowest BCUT2D eigenvalue weighted by Crippen LogP contribution is -2.42. The van der Waals surface area contributed by atoms with E-state index in [-0.39, 0.29) is 30.1 Å². The Kier molecular flexibility index (Phi) is 7.34. The first-order valence-electron chi connectivity index (χ1n) is 10.1. The minimum Gasteiger partial charge on any atom is -0.292 e. The van der Waals surface area contributed by atoms with Crippen LogP contribution in [0.15, 0.2) is 52.1 Å². The van der Waals surface area contributed by atoms with Crippen molar-refractivity contribution in [2.45, 2.75) is 13.1 Å². The molecule has 194 valence electrons. The molecule has 0 aliphatic rings. The van der Waals surface area contributed by atoms with E-state index in [1.807, 2.05) is 0 Å². The Bertz CT molecular complexity index is 1670. The van der Waals surface area contributed by atoms with Gasteiger partial charge in [-0.2, -0.15) is 18.4 Å². The number of alkyl halides is 3. The van der Waals surface area contributed by atoms with Crippen LogP contribution in [0.2, 0.25) is 5.02 Å². The van der Waals surface area contributed by atoms with Gasteiger partial charge in [-0.05, 0) is 43.3 Å². The molecule has 0 spiro atoms. The van der Waals surface area contributed by atoms with Gasteiger partial charge in [0.05, 0.1) is 22.7 Å². The van der Waals surface area contributed by atoms with Crippen molar-refractivity contribution in [3.63, 3.8) is 0 Å². The standard InChI is InChI=1S/C22H15ClF4N4O5S/c1-3-37(35,36)31(20(33)12-4-6-14(23)7-5-12)16-9-17(15(24)8-13(16)11-28)30-19(32)10-18(22(25,26)27)29(2)21(30)34/h4-10H,3H2,1-2H3. The van der Waals surface area contributed by atoms with Crippen molar-refractivity contribution in [1.29, 1.82) is 5.26 Å². The van der Waals surface area contributed by atoms with E-state index in [1.54, 1.807) is 0 Å². The Hall–Kier alpha value is -3.96. The number of hydrogen-bond donors (Lipinski definition) is 0. The SMILES string of the molecule is CCS(=O)(=O)N(C(=O)c1ccc(Cl)cc1)c1cc(-n2c(=O)cc(C(F)(F)F)n(C)c2=O)c(F)cc1C#N. The molecule has 3 rings (SSSR count). The molecule has 37 heavy (non-hydrogen) atoms. The van der Waals surface area contributed by atoms with Crippen LogP contribution >= 0.6 is 11.6 Å². The smallest absolute Gasteiger partial charge is 0.292 e. The van der Waals surface area contributed by atoms with Gasteiger partial charge in [-0.1, -0.05) is 11.6 Å². The van der Waals surface area contributed by atoms with E-state index in [1.165, 1.54) is 37.3 Å². The molecule has 0 fully saturated rings. The first-order valence-corrected chi connectivity index (χ1v) is 12.1. The topological polar surface area (TPSA) is 122 Å². The number of anilines is 1. The summed E-state index contributed by atoms with van der Waals surface area (Å²) in [6.07, 6.45) is -5.09. The van der Waals surface area contributed by atoms with Gasteiger partial charge in [0.1, 0.15) is 17.6 Å². The van der Waals surface area contributed by atoms with Crippen molar-refractivity contribution in [2.75, 3.05) is 10.1 Å². The molecule has 0 radical (unpaired) electrons.